The number of para-hydroxylation sites is 1. The molecule has 0 bridgehead atoms. The molecule has 1 atom stereocenters. The van der Waals surface area contributed by atoms with Gasteiger partial charge in [0.2, 0.25) is 0 Å². The third-order valence-corrected chi connectivity index (χ3v) is 3.66. The summed E-state index contributed by atoms with van der Waals surface area (Å²) >= 11 is 0. The van der Waals surface area contributed by atoms with Crippen molar-refractivity contribution in [1.29, 1.82) is 0 Å². The molecule has 0 amide bonds. The zero-order chi connectivity index (χ0) is 14.5. The Morgan fingerprint density at radius 2 is 2.05 bits per heavy atom. The predicted molar refractivity (Wildman–Crippen MR) is 79.0 cm³/mol. The maximum absolute atomic E-state index is 11.1. The Morgan fingerprint density at radius 1 is 1.30 bits per heavy atom. The first kappa shape index (κ1) is 14.4. The van der Waals surface area contributed by atoms with Gasteiger partial charge in [0.05, 0.1) is 11.9 Å². The van der Waals surface area contributed by atoms with Crippen LogP contribution in [0.5, 0.6) is 5.75 Å². The maximum atomic E-state index is 11.1. The molecule has 1 unspecified atom stereocenters. The summed E-state index contributed by atoms with van der Waals surface area (Å²) < 4.78 is 1.91. The molecule has 0 radical (unpaired) electrons. The smallest absolute Gasteiger partial charge is 0.305 e. The minimum Gasteiger partial charge on any atom is -0.506 e. The summed E-state index contributed by atoms with van der Waals surface area (Å²) in [5.41, 5.74) is 0.896. The van der Waals surface area contributed by atoms with Gasteiger partial charge in [-0.3, -0.25) is 4.79 Å². The van der Waals surface area contributed by atoms with E-state index in [1.807, 2.05) is 28.8 Å². The summed E-state index contributed by atoms with van der Waals surface area (Å²) in [5.74, 6) is -0.588. The Morgan fingerprint density at radius 3 is 2.75 bits per heavy atom. The van der Waals surface area contributed by atoms with Crippen LogP contribution in [-0.2, 0) is 4.79 Å². The lowest BCUT2D eigenvalue weighted by Gasteiger charge is -2.18. The number of carboxylic acids is 1. The number of hydrogen-bond donors (Lipinski definition) is 2. The van der Waals surface area contributed by atoms with Gasteiger partial charge >= 0.3 is 5.97 Å². The van der Waals surface area contributed by atoms with Crippen molar-refractivity contribution in [3.8, 4) is 5.75 Å². The van der Waals surface area contributed by atoms with E-state index in [-0.39, 0.29) is 18.2 Å². The van der Waals surface area contributed by atoms with Gasteiger partial charge in [0, 0.05) is 17.6 Å². The van der Waals surface area contributed by atoms with Crippen LogP contribution < -0.4 is 0 Å². The fourth-order valence-electron chi connectivity index (χ4n) is 2.66. The van der Waals surface area contributed by atoms with Crippen molar-refractivity contribution in [2.45, 2.75) is 45.1 Å². The van der Waals surface area contributed by atoms with E-state index in [0.29, 0.717) is 0 Å². The molecule has 0 spiro atoms. The fourth-order valence-corrected chi connectivity index (χ4v) is 2.66. The largest absolute Gasteiger partial charge is 0.506 e. The van der Waals surface area contributed by atoms with E-state index in [4.69, 9.17) is 5.11 Å². The van der Waals surface area contributed by atoms with E-state index in [1.54, 1.807) is 6.20 Å². The quantitative estimate of drug-likeness (QED) is 0.752. The molecule has 2 rings (SSSR count). The van der Waals surface area contributed by atoms with Crippen molar-refractivity contribution >= 4 is 16.9 Å². The standard InChI is InChI=1S/C16H21NO3/c1-2-3-4-7-12(10-16(19)20)17-11-15(18)13-8-5-6-9-14(13)17/h5-6,8-9,11-12,18H,2-4,7,10H2,1H3,(H,19,20). The minimum absolute atomic E-state index is 0.0851. The van der Waals surface area contributed by atoms with E-state index in [0.717, 1.165) is 36.6 Å². The molecular weight excluding hydrogens is 254 g/mol. The first-order valence-electron chi connectivity index (χ1n) is 7.13. The van der Waals surface area contributed by atoms with Crippen LogP contribution in [0.25, 0.3) is 10.9 Å². The van der Waals surface area contributed by atoms with Crippen LogP contribution in [0.1, 0.15) is 45.1 Å². The van der Waals surface area contributed by atoms with E-state index < -0.39 is 5.97 Å². The lowest BCUT2D eigenvalue weighted by molar-refractivity contribution is -0.137. The molecule has 20 heavy (non-hydrogen) atoms. The number of carboxylic acid groups (broad SMARTS) is 1. The molecule has 1 heterocycles. The van der Waals surface area contributed by atoms with Gasteiger partial charge in [-0.25, -0.2) is 0 Å². The molecule has 0 aliphatic heterocycles. The fraction of sp³-hybridized carbons (Fsp3) is 0.438. The molecule has 0 saturated heterocycles. The number of nitrogens with zero attached hydrogens (tertiary/aromatic N) is 1. The highest BCUT2D eigenvalue weighted by Gasteiger charge is 2.18. The van der Waals surface area contributed by atoms with Gasteiger partial charge in [-0.15, -0.1) is 0 Å². The highest BCUT2D eigenvalue weighted by Crippen LogP contribution is 2.32. The van der Waals surface area contributed by atoms with Gasteiger partial charge in [0.1, 0.15) is 5.75 Å². The molecule has 0 saturated carbocycles. The summed E-state index contributed by atoms with van der Waals surface area (Å²) in [7, 11) is 0. The number of fused-ring (bicyclic) bond motifs is 1. The monoisotopic (exact) mass is 275 g/mol. The lowest BCUT2D eigenvalue weighted by Crippen LogP contribution is -2.13. The minimum atomic E-state index is -0.802. The Kier molecular flexibility index (Phi) is 4.66. The second-order valence-electron chi connectivity index (χ2n) is 5.19. The number of aromatic nitrogens is 1. The Hall–Kier alpha value is -1.97. The molecular formula is C16H21NO3. The van der Waals surface area contributed by atoms with Crippen LogP contribution in [-0.4, -0.2) is 20.7 Å². The van der Waals surface area contributed by atoms with E-state index in [9.17, 15) is 9.90 Å². The van der Waals surface area contributed by atoms with Gasteiger partial charge in [-0.1, -0.05) is 38.3 Å². The highest BCUT2D eigenvalue weighted by molar-refractivity contribution is 5.86. The maximum Gasteiger partial charge on any atom is 0.305 e. The number of hydrogen-bond acceptors (Lipinski definition) is 2. The van der Waals surface area contributed by atoms with Crippen molar-refractivity contribution < 1.29 is 15.0 Å². The highest BCUT2D eigenvalue weighted by atomic mass is 16.4. The summed E-state index contributed by atoms with van der Waals surface area (Å²) in [4.78, 5) is 11.1. The average molecular weight is 275 g/mol. The third kappa shape index (κ3) is 3.13. The molecule has 0 aliphatic rings. The van der Waals surface area contributed by atoms with Gasteiger partial charge in [0.15, 0.2) is 0 Å². The summed E-state index contributed by atoms with van der Waals surface area (Å²) in [6.45, 7) is 2.13. The molecule has 1 aromatic heterocycles. The van der Waals surface area contributed by atoms with Crippen LogP contribution in [0, 0.1) is 0 Å². The number of carbonyl (C=O) groups is 1. The number of unbranched alkanes of at least 4 members (excludes halogenated alkanes) is 2. The summed E-state index contributed by atoms with van der Waals surface area (Å²) in [5, 5.41) is 19.9. The third-order valence-electron chi connectivity index (χ3n) is 3.66. The first-order chi connectivity index (χ1) is 9.63. The van der Waals surface area contributed by atoms with Gasteiger partial charge in [0.25, 0.3) is 0 Å². The van der Waals surface area contributed by atoms with Crippen molar-refractivity contribution in [3.05, 3.63) is 30.5 Å². The zero-order valence-electron chi connectivity index (χ0n) is 11.7. The first-order valence-corrected chi connectivity index (χ1v) is 7.13. The molecule has 108 valence electrons. The van der Waals surface area contributed by atoms with Crippen LogP contribution in [0.2, 0.25) is 0 Å². The van der Waals surface area contributed by atoms with Crippen LogP contribution in [0.4, 0.5) is 0 Å². The summed E-state index contributed by atoms with van der Waals surface area (Å²) in [6, 6.07) is 7.44. The zero-order valence-corrected chi connectivity index (χ0v) is 11.7. The van der Waals surface area contributed by atoms with Crippen molar-refractivity contribution in [2.24, 2.45) is 0 Å². The Bertz CT molecular complexity index is 588. The van der Waals surface area contributed by atoms with E-state index >= 15 is 0 Å². The Labute approximate surface area is 118 Å². The summed E-state index contributed by atoms with van der Waals surface area (Å²) in [6.07, 6.45) is 5.77. The second kappa shape index (κ2) is 6.46. The van der Waals surface area contributed by atoms with Crippen LogP contribution in [0.3, 0.4) is 0 Å². The number of aromatic hydroxyl groups is 1. The molecule has 2 N–H and O–H groups in total. The van der Waals surface area contributed by atoms with Crippen LogP contribution in [0.15, 0.2) is 30.5 Å². The average Bonchev–Trinajstić information content (AvgIpc) is 2.76. The van der Waals surface area contributed by atoms with Gasteiger partial charge in [-0.2, -0.15) is 0 Å². The van der Waals surface area contributed by atoms with Crippen molar-refractivity contribution in [2.75, 3.05) is 0 Å². The van der Waals surface area contributed by atoms with E-state index in [1.165, 1.54) is 0 Å². The van der Waals surface area contributed by atoms with E-state index in [2.05, 4.69) is 6.92 Å². The van der Waals surface area contributed by atoms with Gasteiger partial charge < -0.3 is 14.8 Å². The number of benzene rings is 1. The molecule has 0 aliphatic carbocycles. The van der Waals surface area contributed by atoms with Gasteiger partial charge in [-0.05, 0) is 18.6 Å². The van der Waals surface area contributed by atoms with Crippen molar-refractivity contribution in [3.63, 3.8) is 0 Å². The van der Waals surface area contributed by atoms with Crippen LogP contribution >= 0.6 is 0 Å². The SMILES string of the molecule is CCCCCC(CC(=O)O)n1cc(O)c2ccccc21. The predicted octanol–water partition coefficient (Wildman–Crippen LogP) is 3.94. The number of rotatable bonds is 7. The molecule has 1 aromatic carbocycles. The molecule has 0 fully saturated rings. The Balaban J connectivity index is 2.32. The normalized spacial score (nSPS) is 12.7. The second-order valence-corrected chi connectivity index (χ2v) is 5.19. The molecule has 4 nitrogen and oxygen atoms in total. The molecule has 4 heteroatoms. The molecule has 2 aromatic rings. The number of aliphatic carboxylic acids is 1. The topological polar surface area (TPSA) is 62.5 Å². The van der Waals surface area contributed by atoms with Crippen molar-refractivity contribution in [1.82, 2.24) is 4.57 Å². The lowest BCUT2D eigenvalue weighted by atomic mass is 10.1.